The van der Waals surface area contributed by atoms with E-state index in [2.05, 4.69) is 20.8 Å². The molecule has 0 fully saturated rings. The molecule has 60 valence electrons. The van der Waals surface area contributed by atoms with Crippen LogP contribution in [0.15, 0.2) is 22.7 Å². The summed E-state index contributed by atoms with van der Waals surface area (Å²) in [6.07, 6.45) is 0. The monoisotopic (exact) mass is 235 g/mol. The lowest BCUT2D eigenvalue weighted by molar-refractivity contribution is 0.124. The Morgan fingerprint density at radius 3 is 2.82 bits per heavy atom. The number of halogens is 2. The molecule has 0 saturated heterocycles. The van der Waals surface area contributed by atoms with Crippen LogP contribution in [0.1, 0.15) is 5.56 Å². The minimum Gasteiger partial charge on any atom is -0.300 e. The van der Waals surface area contributed by atoms with Crippen LogP contribution in [-0.2, 0) is 11.4 Å². The zero-order chi connectivity index (χ0) is 8.27. The zero-order valence-corrected chi connectivity index (χ0v) is 8.02. The molecule has 0 atom stereocenters. The fourth-order valence-corrected chi connectivity index (χ4v) is 1.46. The van der Waals surface area contributed by atoms with Crippen molar-refractivity contribution in [2.45, 2.75) is 6.61 Å². The summed E-state index contributed by atoms with van der Waals surface area (Å²) in [6.45, 7) is 0.339. The maximum Gasteiger partial charge on any atom is 0.0944 e. The second-order valence-electron chi connectivity index (χ2n) is 2.05. The van der Waals surface area contributed by atoms with Gasteiger partial charge in [0.2, 0.25) is 0 Å². The molecular weight excluding hydrogens is 229 g/mol. The highest BCUT2D eigenvalue weighted by atomic mass is 79.9. The highest BCUT2D eigenvalue weighted by molar-refractivity contribution is 9.10. The Bertz CT molecular complexity index is 254. The standard InChI is InChI=1S/C7H7BrClNO/c8-6-2-1-5(4-11-10)7(9)3-6/h1-3H,4,10H2. The molecule has 0 aromatic heterocycles. The highest BCUT2D eigenvalue weighted by Gasteiger charge is 1.99. The zero-order valence-electron chi connectivity index (χ0n) is 5.68. The first kappa shape index (κ1) is 9.00. The van der Waals surface area contributed by atoms with Crippen LogP contribution in [0.3, 0.4) is 0 Å². The number of nitrogens with two attached hydrogens (primary N) is 1. The molecule has 1 rings (SSSR count). The molecule has 0 unspecified atom stereocenters. The predicted octanol–water partition coefficient (Wildman–Crippen LogP) is 2.49. The number of hydrogen-bond donors (Lipinski definition) is 1. The van der Waals surface area contributed by atoms with Gasteiger partial charge in [-0.25, -0.2) is 5.90 Å². The van der Waals surface area contributed by atoms with Gasteiger partial charge in [0, 0.05) is 9.50 Å². The van der Waals surface area contributed by atoms with E-state index >= 15 is 0 Å². The lowest BCUT2D eigenvalue weighted by atomic mass is 10.2. The normalized spacial score (nSPS) is 10.1. The Balaban J connectivity index is 2.90. The Labute approximate surface area is 78.4 Å². The summed E-state index contributed by atoms with van der Waals surface area (Å²) in [7, 11) is 0. The fraction of sp³-hybridized carbons (Fsp3) is 0.143. The van der Waals surface area contributed by atoms with Crippen molar-refractivity contribution >= 4 is 27.5 Å². The van der Waals surface area contributed by atoms with Gasteiger partial charge in [0.25, 0.3) is 0 Å². The molecular formula is C7H7BrClNO. The van der Waals surface area contributed by atoms with Crippen molar-refractivity contribution in [2.24, 2.45) is 5.90 Å². The second kappa shape index (κ2) is 4.07. The van der Waals surface area contributed by atoms with Crippen LogP contribution in [0.4, 0.5) is 0 Å². The maximum absolute atomic E-state index is 5.84. The summed E-state index contributed by atoms with van der Waals surface area (Å²) in [4.78, 5) is 4.45. The van der Waals surface area contributed by atoms with Gasteiger partial charge in [-0.15, -0.1) is 0 Å². The summed E-state index contributed by atoms with van der Waals surface area (Å²) >= 11 is 9.13. The van der Waals surface area contributed by atoms with Crippen LogP contribution in [0.2, 0.25) is 5.02 Å². The van der Waals surface area contributed by atoms with E-state index < -0.39 is 0 Å². The van der Waals surface area contributed by atoms with Crippen molar-refractivity contribution in [3.05, 3.63) is 33.3 Å². The summed E-state index contributed by atoms with van der Waals surface area (Å²) in [5.74, 6) is 4.90. The van der Waals surface area contributed by atoms with Crippen LogP contribution in [-0.4, -0.2) is 0 Å². The molecule has 0 amide bonds. The topological polar surface area (TPSA) is 35.2 Å². The molecule has 0 aliphatic heterocycles. The molecule has 0 spiro atoms. The summed E-state index contributed by atoms with van der Waals surface area (Å²) in [5.41, 5.74) is 0.886. The van der Waals surface area contributed by atoms with E-state index in [0.717, 1.165) is 10.0 Å². The smallest absolute Gasteiger partial charge is 0.0944 e. The summed E-state index contributed by atoms with van der Waals surface area (Å²) in [6, 6.07) is 5.55. The van der Waals surface area contributed by atoms with Gasteiger partial charge in [-0.1, -0.05) is 33.6 Å². The van der Waals surface area contributed by atoms with Gasteiger partial charge in [-0.2, -0.15) is 0 Å². The van der Waals surface area contributed by atoms with Gasteiger partial charge in [-0.3, -0.25) is 4.84 Å². The molecule has 4 heteroatoms. The van der Waals surface area contributed by atoms with Gasteiger partial charge in [0.05, 0.1) is 6.61 Å². The minimum absolute atomic E-state index is 0.339. The van der Waals surface area contributed by atoms with Crippen molar-refractivity contribution < 1.29 is 4.84 Å². The molecule has 1 aromatic carbocycles. The van der Waals surface area contributed by atoms with Gasteiger partial charge in [-0.05, 0) is 17.7 Å². The van der Waals surface area contributed by atoms with Crippen molar-refractivity contribution in [1.82, 2.24) is 0 Å². The maximum atomic E-state index is 5.84. The predicted molar refractivity (Wildman–Crippen MR) is 48.1 cm³/mol. The third-order valence-electron chi connectivity index (χ3n) is 1.25. The molecule has 0 saturated carbocycles. The van der Waals surface area contributed by atoms with Crippen LogP contribution in [0.5, 0.6) is 0 Å². The van der Waals surface area contributed by atoms with Gasteiger partial charge in [0.1, 0.15) is 0 Å². The largest absolute Gasteiger partial charge is 0.300 e. The lowest BCUT2D eigenvalue weighted by Crippen LogP contribution is -1.99. The highest BCUT2D eigenvalue weighted by Crippen LogP contribution is 2.21. The third kappa shape index (κ3) is 2.45. The molecule has 0 heterocycles. The Hall–Kier alpha value is -0.0900. The van der Waals surface area contributed by atoms with Crippen molar-refractivity contribution in [2.75, 3.05) is 0 Å². The van der Waals surface area contributed by atoms with Gasteiger partial charge in [0.15, 0.2) is 0 Å². The van der Waals surface area contributed by atoms with Crippen molar-refractivity contribution in [1.29, 1.82) is 0 Å². The summed E-state index contributed by atoms with van der Waals surface area (Å²) < 4.78 is 0.947. The van der Waals surface area contributed by atoms with E-state index in [1.165, 1.54) is 0 Å². The average Bonchev–Trinajstić information content (AvgIpc) is 1.95. The first-order valence-electron chi connectivity index (χ1n) is 2.99. The van der Waals surface area contributed by atoms with E-state index in [1.807, 2.05) is 12.1 Å². The van der Waals surface area contributed by atoms with Crippen molar-refractivity contribution in [3.8, 4) is 0 Å². The van der Waals surface area contributed by atoms with Crippen LogP contribution < -0.4 is 5.90 Å². The third-order valence-corrected chi connectivity index (χ3v) is 2.10. The molecule has 11 heavy (non-hydrogen) atoms. The van der Waals surface area contributed by atoms with Crippen molar-refractivity contribution in [3.63, 3.8) is 0 Å². The molecule has 2 N–H and O–H groups in total. The average molecular weight is 236 g/mol. The summed E-state index contributed by atoms with van der Waals surface area (Å²) in [5, 5.41) is 0.657. The number of rotatable bonds is 2. The SMILES string of the molecule is NOCc1ccc(Br)cc1Cl. The number of hydrogen-bond acceptors (Lipinski definition) is 2. The first-order chi connectivity index (χ1) is 5.24. The lowest BCUT2D eigenvalue weighted by Gasteiger charge is -2.01. The van der Waals surface area contributed by atoms with Gasteiger partial charge < -0.3 is 0 Å². The Morgan fingerprint density at radius 2 is 2.27 bits per heavy atom. The molecule has 0 radical (unpaired) electrons. The van der Waals surface area contributed by atoms with Crippen LogP contribution in [0, 0.1) is 0 Å². The van der Waals surface area contributed by atoms with E-state index in [4.69, 9.17) is 17.5 Å². The second-order valence-corrected chi connectivity index (χ2v) is 3.37. The van der Waals surface area contributed by atoms with E-state index in [0.29, 0.717) is 11.6 Å². The quantitative estimate of drug-likeness (QED) is 0.801. The Kier molecular flexibility index (Phi) is 3.33. The fourth-order valence-electron chi connectivity index (χ4n) is 0.729. The van der Waals surface area contributed by atoms with E-state index in [-0.39, 0.29) is 0 Å². The van der Waals surface area contributed by atoms with Gasteiger partial charge >= 0.3 is 0 Å². The number of benzene rings is 1. The minimum atomic E-state index is 0.339. The van der Waals surface area contributed by atoms with E-state index in [1.54, 1.807) is 6.07 Å². The molecule has 0 aliphatic rings. The van der Waals surface area contributed by atoms with Crippen LogP contribution >= 0.6 is 27.5 Å². The molecule has 0 bridgehead atoms. The molecule has 0 aliphatic carbocycles. The molecule has 2 nitrogen and oxygen atoms in total. The van der Waals surface area contributed by atoms with Crippen LogP contribution in [0.25, 0.3) is 0 Å². The van der Waals surface area contributed by atoms with E-state index in [9.17, 15) is 0 Å². The first-order valence-corrected chi connectivity index (χ1v) is 4.16. The molecule has 1 aromatic rings. The Morgan fingerprint density at radius 1 is 1.55 bits per heavy atom.